The van der Waals surface area contributed by atoms with Crippen molar-refractivity contribution in [2.75, 3.05) is 25.0 Å². The van der Waals surface area contributed by atoms with E-state index in [1.54, 1.807) is 10.6 Å². The first-order chi connectivity index (χ1) is 17.3. The summed E-state index contributed by atoms with van der Waals surface area (Å²) in [6.45, 7) is 12.1. The summed E-state index contributed by atoms with van der Waals surface area (Å²) in [6.07, 6.45) is 10.3. The molecule has 3 aromatic rings. The van der Waals surface area contributed by atoms with E-state index >= 15 is 0 Å². The van der Waals surface area contributed by atoms with Crippen LogP contribution in [0.4, 0.5) is 5.82 Å². The van der Waals surface area contributed by atoms with E-state index in [4.69, 9.17) is 0 Å². The summed E-state index contributed by atoms with van der Waals surface area (Å²) in [7, 11) is 1.88. The Morgan fingerprint density at radius 1 is 1.14 bits per heavy atom. The topological polar surface area (TPSA) is 87.1 Å². The molecule has 1 saturated heterocycles. The number of pyridine rings is 1. The van der Waals surface area contributed by atoms with Gasteiger partial charge >= 0.3 is 0 Å². The van der Waals surface area contributed by atoms with Crippen molar-refractivity contribution in [1.82, 2.24) is 24.4 Å². The smallest absolute Gasteiger partial charge is 0.275 e. The number of fused-ring (bicyclic) bond motifs is 1. The molecule has 1 unspecified atom stereocenters. The standard InChI is InChI=1S/C16H24N4O.C12H14N2O/c1-12-17-15(13-5-6-13)10-16(18-12)20-8-3-4-14(7-9-20)19(2)11-21;1-4-5-14-7-8(2)10-6-9(3)13-11(10)12(14)15/h10-11,13-14H,3-9H2,1-2H3;4,6-7,13H,1,5H2,2-3H3. The Morgan fingerprint density at radius 3 is 2.61 bits per heavy atom. The molecule has 0 spiro atoms. The van der Waals surface area contributed by atoms with Crippen LogP contribution in [0, 0.1) is 20.8 Å². The molecule has 8 nitrogen and oxygen atoms in total. The number of hydrogen-bond donors (Lipinski definition) is 1. The minimum absolute atomic E-state index is 0.0172. The van der Waals surface area contributed by atoms with Crippen molar-refractivity contribution in [1.29, 1.82) is 0 Å². The second-order valence-electron chi connectivity index (χ2n) is 10.1. The van der Waals surface area contributed by atoms with E-state index < -0.39 is 0 Å². The van der Waals surface area contributed by atoms with E-state index in [1.807, 2.05) is 45.0 Å². The van der Waals surface area contributed by atoms with Gasteiger partial charge in [-0.25, -0.2) is 9.97 Å². The van der Waals surface area contributed by atoms with Gasteiger partial charge in [-0.3, -0.25) is 9.59 Å². The minimum Gasteiger partial charge on any atom is -0.356 e. The molecule has 1 saturated carbocycles. The van der Waals surface area contributed by atoms with Crippen molar-refractivity contribution < 1.29 is 4.79 Å². The lowest BCUT2D eigenvalue weighted by Gasteiger charge is -2.24. The second-order valence-corrected chi connectivity index (χ2v) is 10.1. The maximum atomic E-state index is 12.0. The van der Waals surface area contributed by atoms with Crippen LogP contribution in [0.1, 0.15) is 60.8 Å². The number of carbonyl (C=O) groups excluding carboxylic acids is 1. The molecule has 1 amide bonds. The first-order valence-electron chi connectivity index (χ1n) is 12.9. The number of H-pyrrole nitrogens is 1. The predicted octanol–water partition coefficient (Wildman–Crippen LogP) is 4.24. The number of amides is 1. The molecule has 0 bridgehead atoms. The van der Waals surface area contributed by atoms with Gasteiger partial charge in [-0.15, -0.1) is 6.58 Å². The van der Waals surface area contributed by atoms with Crippen molar-refractivity contribution in [3.8, 4) is 0 Å². The van der Waals surface area contributed by atoms with Crippen molar-refractivity contribution in [2.24, 2.45) is 0 Å². The van der Waals surface area contributed by atoms with E-state index in [2.05, 4.69) is 32.5 Å². The first kappa shape index (κ1) is 25.7. The SMILES string of the molecule is C=CCn1cc(C)c2cc(C)[nH]c2c1=O.Cc1nc(C2CC2)cc(N2CCCC(N(C)C=O)CC2)n1. The molecular formula is C28H38N6O2. The number of rotatable bonds is 6. The predicted molar refractivity (Wildman–Crippen MR) is 145 cm³/mol. The number of nitrogens with zero attached hydrogens (tertiary/aromatic N) is 5. The van der Waals surface area contributed by atoms with Crippen LogP contribution in [0.3, 0.4) is 0 Å². The monoisotopic (exact) mass is 490 g/mol. The summed E-state index contributed by atoms with van der Waals surface area (Å²) in [4.78, 5) is 39.4. The van der Waals surface area contributed by atoms with Crippen LogP contribution in [0.2, 0.25) is 0 Å². The van der Waals surface area contributed by atoms with Crippen molar-refractivity contribution >= 4 is 23.1 Å². The summed E-state index contributed by atoms with van der Waals surface area (Å²) in [5.74, 6) is 2.60. The van der Waals surface area contributed by atoms with E-state index in [1.165, 1.54) is 18.5 Å². The van der Waals surface area contributed by atoms with Crippen LogP contribution in [0.5, 0.6) is 0 Å². The van der Waals surface area contributed by atoms with Gasteiger partial charge in [0, 0.05) is 67.7 Å². The molecule has 36 heavy (non-hydrogen) atoms. The highest BCUT2D eigenvalue weighted by Gasteiger charge is 2.27. The molecule has 1 atom stereocenters. The molecule has 4 heterocycles. The summed E-state index contributed by atoms with van der Waals surface area (Å²) >= 11 is 0. The Bertz CT molecular complexity index is 1290. The van der Waals surface area contributed by atoms with Crippen LogP contribution in [-0.2, 0) is 11.3 Å². The van der Waals surface area contributed by atoms with E-state index in [0.717, 1.165) is 67.0 Å². The highest BCUT2D eigenvalue weighted by molar-refractivity contribution is 5.82. The lowest BCUT2D eigenvalue weighted by atomic mass is 10.1. The molecule has 1 N–H and O–H groups in total. The van der Waals surface area contributed by atoms with Gasteiger partial charge in [0.05, 0.1) is 0 Å². The van der Waals surface area contributed by atoms with E-state index in [-0.39, 0.29) is 5.56 Å². The van der Waals surface area contributed by atoms with Gasteiger partial charge in [-0.05, 0) is 64.5 Å². The lowest BCUT2D eigenvalue weighted by molar-refractivity contribution is -0.118. The molecule has 8 heteroatoms. The average molecular weight is 491 g/mol. The summed E-state index contributed by atoms with van der Waals surface area (Å²) < 4.78 is 1.67. The third kappa shape index (κ3) is 5.86. The number of aromatic amines is 1. The number of hydrogen-bond acceptors (Lipinski definition) is 5. The number of anilines is 1. The van der Waals surface area contributed by atoms with Gasteiger partial charge in [0.2, 0.25) is 6.41 Å². The lowest BCUT2D eigenvalue weighted by Crippen LogP contribution is -2.32. The Labute approximate surface area is 213 Å². The van der Waals surface area contributed by atoms with Gasteiger partial charge in [-0.1, -0.05) is 6.08 Å². The quantitative estimate of drug-likeness (QED) is 0.413. The zero-order valence-corrected chi connectivity index (χ0v) is 22.0. The van der Waals surface area contributed by atoms with Crippen molar-refractivity contribution in [3.63, 3.8) is 0 Å². The van der Waals surface area contributed by atoms with E-state index in [0.29, 0.717) is 24.0 Å². The zero-order chi connectivity index (χ0) is 25.8. The molecule has 0 aromatic carbocycles. The molecule has 1 aliphatic carbocycles. The first-order valence-corrected chi connectivity index (χ1v) is 12.9. The van der Waals surface area contributed by atoms with Crippen LogP contribution in [0.25, 0.3) is 10.9 Å². The minimum atomic E-state index is 0.0172. The summed E-state index contributed by atoms with van der Waals surface area (Å²) in [5, 5.41) is 1.01. The molecule has 5 rings (SSSR count). The molecule has 192 valence electrons. The molecule has 3 aromatic heterocycles. The Kier molecular flexibility index (Phi) is 7.91. The number of aryl methyl sites for hydroxylation is 3. The molecule has 2 aliphatic rings. The Hall–Kier alpha value is -3.42. The second kappa shape index (κ2) is 11.1. The molecule has 0 radical (unpaired) electrons. The van der Waals surface area contributed by atoms with E-state index in [9.17, 15) is 9.59 Å². The average Bonchev–Trinajstić information content (AvgIpc) is 3.66. The van der Waals surface area contributed by atoms with Crippen LogP contribution in [0.15, 0.2) is 35.8 Å². The highest BCUT2D eigenvalue weighted by atomic mass is 16.1. The summed E-state index contributed by atoms with van der Waals surface area (Å²) in [6, 6.07) is 4.54. The maximum Gasteiger partial charge on any atom is 0.275 e. The molecular weight excluding hydrogens is 452 g/mol. The summed E-state index contributed by atoms with van der Waals surface area (Å²) in [5.41, 5.74) is 4.04. The number of nitrogens with one attached hydrogen (secondary N) is 1. The fraction of sp³-hybridized carbons (Fsp3) is 0.500. The van der Waals surface area contributed by atoms with Crippen LogP contribution in [-0.4, -0.2) is 57.0 Å². The largest absolute Gasteiger partial charge is 0.356 e. The van der Waals surface area contributed by atoms with Crippen molar-refractivity contribution in [2.45, 2.75) is 71.4 Å². The van der Waals surface area contributed by atoms with Gasteiger partial charge in [0.25, 0.3) is 5.56 Å². The third-order valence-electron chi connectivity index (χ3n) is 7.13. The maximum absolute atomic E-state index is 12.0. The fourth-order valence-corrected chi connectivity index (χ4v) is 4.98. The fourth-order valence-electron chi connectivity index (χ4n) is 4.98. The van der Waals surface area contributed by atoms with Gasteiger partial charge in [0.1, 0.15) is 17.2 Å². The van der Waals surface area contributed by atoms with Gasteiger partial charge in [0.15, 0.2) is 0 Å². The highest BCUT2D eigenvalue weighted by Crippen LogP contribution is 2.40. The normalized spacial score (nSPS) is 17.8. The number of aromatic nitrogens is 4. The Morgan fingerprint density at radius 2 is 1.92 bits per heavy atom. The third-order valence-corrected chi connectivity index (χ3v) is 7.13. The van der Waals surface area contributed by atoms with Gasteiger partial charge < -0.3 is 19.4 Å². The van der Waals surface area contributed by atoms with Crippen molar-refractivity contribution in [3.05, 3.63) is 64.1 Å². The Balaban J connectivity index is 0.000000179. The number of allylic oxidation sites excluding steroid dienone is 1. The zero-order valence-electron chi connectivity index (χ0n) is 22.0. The number of carbonyl (C=O) groups is 1. The van der Waals surface area contributed by atoms with Gasteiger partial charge in [-0.2, -0.15) is 0 Å². The molecule has 1 aliphatic heterocycles. The van der Waals surface area contributed by atoms with Crippen LogP contribution >= 0.6 is 0 Å². The van der Waals surface area contributed by atoms with Crippen LogP contribution < -0.4 is 10.5 Å². The molecule has 2 fully saturated rings.